The lowest BCUT2D eigenvalue weighted by atomic mass is 9.98. The van der Waals surface area contributed by atoms with Gasteiger partial charge < -0.3 is 28.4 Å². The molecule has 0 amide bonds. The number of rotatable bonds is 32. The number of carbonyl (C=O) groups excluding carboxylic acids is 4. The molecule has 0 fully saturated rings. The van der Waals surface area contributed by atoms with Crippen LogP contribution in [0.5, 0.6) is 0 Å². The predicted octanol–water partition coefficient (Wildman–Crippen LogP) is 11.6. The molecule has 0 heterocycles. The first-order valence-corrected chi connectivity index (χ1v) is 22.3. The molecule has 0 bridgehead atoms. The van der Waals surface area contributed by atoms with Crippen LogP contribution in [-0.4, -0.2) is 50.3 Å². The van der Waals surface area contributed by atoms with Crippen molar-refractivity contribution in [2.24, 2.45) is 5.92 Å². The van der Waals surface area contributed by atoms with Crippen LogP contribution in [0.2, 0.25) is 0 Å². The Bertz CT molecular complexity index is 1540. The van der Waals surface area contributed by atoms with E-state index in [0.29, 0.717) is 81.2 Å². The molecule has 0 aromatic rings. The van der Waals surface area contributed by atoms with Crippen molar-refractivity contribution in [1.82, 2.24) is 0 Å². The summed E-state index contributed by atoms with van der Waals surface area (Å²) in [5.41, 5.74) is 1.23. The molecule has 59 heavy (non-hydrogen) atoms. The summed E-state index contributed by atoms with van der Waals surface area (Å²) in [6.07, 6.45) is 36.5. The molecule has 0 saturated heterocycles. The van der Waals surface area contributed by atoms with Crippen LogP contribution in [0.25, 0.3) is 0 Å². The van der Waals surface area contributed by atoms with Crippen LogP contribution in [0.3, 0.4) is 0 Å². The molecule has 326 valence electrons. The smallest absolute Gasteiger partial charge is 0.339 e. The summed E-state index contributed by atoms with van der Waals surface area (Å²) >= 11 is 0. The van der Waals surface area contributed by atoms with Crippen molar-refractivity contribution in [2.45, 2.75) is 155 Å². The fourth-order valence-electron chi connectivity index (χ4n) is 6.95. The van der Waals surface area contributed by atoms with E-state index in [0.717, 1.165) is 62.9 Å². The molecule has 0 spiro atoms. The summed E-state index contributed by atoms with van der Waals surface area (Å²) in [5.74, 6) is 1.40. The molecule has 0 saturated carbocycles. The van der Waals surface area contributed by atoms with Crippen LogP contribution >= 0.6 is 0 Å². The van der Waals surface area contributed by atoms with Gasteiger partial charge in [-0.15, -0.1) is 0 Å². The minimum Gasteiger partial charge on any atom is -0.498 e. The molecule has 0 N–H and O–H groups in total. The van der Waals surface area contributed by atoms with Gasteiger partial charge in [-0.05, 0) is 75.0 Å². The Kier molecular flexibility index (Phi) is 25.2. The van der Waals surface area contributed by atoms with Gasteiger partial charge in [0.2, 0.25) is 0 Å². The maximum atomic E-state index is 13.0. The summed E-state index contributed by atoms with van der Waals surface area (Å²) in [5, 5.41) is 0. The number of carbonyl (C=O) groups is 4. The Morgan fingerprint density at radius 2 is 0.864 bits per heavy atom. The molecular weight excluding hydrogens is 749 g/mol. The standard InChI is InChI=1S/C49H70O10/c1-4-46(50)56-36-22-18-14-10-6-8-12-16-20-34-54-42-28-24-40(25-29-42)48(52)58-44-32-33-45(39(3)38-44)59-49(53)41-26-30-43(31-27-41)55-35-21-17-13-9-7-11-15-19-23-37-57-47(51)5-2/h4-5,24,26,28,30,32-33,39H,1-2,6-23,25,27,29,31,34-38H2,3H3. The molecule has 0 aromatic carbocycles. The number of hydrogen-bond donors (Lipinski definition) is 0. The second-order valence-electron chi connectivity index (χ2n) is 15.5. The molecule has 0 radical (unpaired) electrons. The van der Waals surface area contributed by atoms with E-state index in [1.807, 2.05) is 19.1 Å². The van der Waals surface area contributed by atoms with E-state index in [2.05, 4.69) is 13.2 Å². The fourth-order valence-corrected chi connectivity index (χ4v) is 6.95. The molecule has 10 heteroatoms. The zero-order valence-corrected chi connectivity index (χ0v) is 35.8. The maximum Gasteiger partial charge on any atom is 0.339 e. The highest BCUT2D eigenvalue weighted by molar-refractivity contribution is 5.90. The van der Waals surface area contributed by atoms with Gasteiger partial charge in [-0.3, -0.25) is 0 Å². The minimum atomic E-state index is -0.356. The zero-order valence-electron chi connectivity index (χ0n) is 35.8. The Labute approximate surface area is 353 Å². The third kappa shape index (κ3) is 21.8. The van der Waals surface area contributed by atoms with Crippen LogP contribution < -0.4 is 0 Å². The largest absolute Gasteiger partial charge is 0.498 e. The molecule has 1 unspecified atom stereocenters. The lowest BCUT2D eigenvalue weighted by Gasteiger charge is -2.22. The van der Waals surface area contributed by atoms with Crippen molar-refractivity contribution < 1.29 is 47.6 Å². The highest BCUT2D eigenvalue weighted by Crippen LogP contribution is 2.30. The summed E-state index contributed by atoms with van der Waals surface area (Å²) < 4.78 is 33.4. The molecular formula is C49H70O10. The van der Waals surface area contributed by atoms with Crippen molar-refractivity contribution in [2.75, 3.05) is 26.4 Å². The normalized spacial score (nSPS) is 16.2. The van der Waals surface area contributed by atoms with Gasteiger partial charge in [0.25, 0.3) is 0 Å². The van der Waals surface area contributed by atoms with E-state index in [9.17, 15) is 19.2 Å². The van der Waals surface area contributed by atoms with E-state index < -0.39 is 0 Å². The lowest BCUT2D eigenvalue weighted by Crippen LogP contribution is -2.18. The molecule has 3 aliphatic carbocycles. The zero-order chi connectivity index (χ0) is 42.3. The monoisotopic (exact) mass is 818 g/mol. The van der Waals surface area contributed by atoms with Crippen molar-refractivity contribution in [1.29, 1.82) is 0 Å². The van der Waals surface area contributed by atoms with Crippen molar-refractivity contribution in [3.8, 4) is 0 Å². The van der Waals surface area contributed by atoms with Crippen LogP contribution in [-0.2, 0) is 47.6 Å². The fraction of sp³-hybridized carbons (Fsp3) is 0.592. The topological polar surface area (TPSA) is 124 Å². The van der Waals surface area contributed by atoms with Crippen molar-refractivity contribution in [3.05, 3.63) is 95.9 Å². The average molecular weight is 819 g/mol. The Morgan fingerprint density at radius 3 is 1.24 bits per heavy atom. The van der Waals surface area contributed by atoms with Crippen molar-refractivity contribution in [3.63, 3.8) is 0 Å². The van der Waals surface area contributed by atoms with Gasteiger partial charge in [0.05, 0.1) is 37.9 Å². The molecule has 10 nitrogen and oxygen atoms in total. The number of allylic oxidation sites excluding steroid dienone is 10. The van der Waals surface area contributed by atoms with Crippen molar-refractivity contribution >= 4 is 23.9 Å². The minimum absolute atomic E-state index is 0.113. The molecule has 0 aliphatic heterocycles. The van der Waals surface area contributed by atoms with E-state index in [4.69, 9.17) is 28.4 Å². The van der Waals surface area contributed by atoms with Gasteiger partial charge in [-0.2, -0.15) is 0 Å². The third-order valence-electron chi connectivity index (χ3n) is 10.6. The lowest BCUT2D eigenvalue weighted by molar-refractivity contribution is -0.138. The Morgan fingerprint density at radius 1 is 0.492 bits per heavy atom. The molecule has 0 aromatic heterocycles. The number of hydrogen-bond acceptors (Lipinski definition) is 10. The highest BCUT2D eigenvalue weighted by atomic mass is 16.6. The quantitative estimate of drug-likeness (QED) is 0.0280. The van der Waals surface area contributed by atoms with E-state index in [1.165, 1.54) is 76.4 Å². The Balaban J connectivity index is 1.23. The summed E-state index contributed by atoms with van der Waals surface area (Å²) in [4.78, 5) is 47.9. The highest BCUT2D eigenvalue weighted by Gasteiger charge is 2.25. The van der Waals surface area contributed by atoms with Gasteiger partial charge in [0.1, 0.15) is 11.5 Å². The van der Waals surface area contributed by atoms with Gasteiger partial charge in [-0.1, -0.05) is 110 Å². The second-order valence-corrected chi connectivity index (χ2v) is 15.5. The van der Waals surface area contributed by atoms with Gasteiger partial charge in [0.15, 0.2) is 0 Å². The number of unbranched alkanes of at least 4 members (excludes halogenated alkanes) is 16. The molecule has 1 atom stereocenters. The summed E-state index contributed by atoms with van der Waals surface area (Å²) in [6.45, 7) is 11.1. The predicted molar refractivity (Wildman–Crippen MR) is 230 cm³/mol. The van der Waals surface area contributed by atoms with E-state index in [-0.39, 0.29) is 29.8 Å². The van der Waals surface area contributed by atoms with Gasteiger partial charge in [-0.25, -0.2) is 19.2 Å². The van der Waals surface area contributed by atoms with Gasteiger partial charge in [0, 0.05) is 48.5 Å². The first-order chi connectivity index (χ1) is 28.8. The van der Waals surface area contributed by atoms with E-state index in [1.54, 1.807) is 24.3 Å². The van der Waals surface area contributed by atoms with Crippen LogP contribution in [0.4, 0.5) is 0 Å². The maximum absolute atomic E-state index is 13.0. The summed E-state index contributed by atoms with van der Waals surface area (Å²) in [7, 11) is 0. The third-order valence-corrected chi connectivity index (χ3v) is 10.6. The first-order valence-electron chi connectivity index (χ1n) is 22.3. The number of esters is 4. The van der Waals surface area contributed by atoms with E-state index >= 15 is 0 Å². The van der Waals surface area contributed by atoms with Crippen LogP contribution in [0.15, 0.2) is 95.9 Å². The summed E-state index contributed by atoms with van der Waals surface area (Å²) in [6, 6.07) is 0. The SMILES string of the molecule is C=CC(=O)OCCCCCCCCCCCOC1=CC=C(C(=O)OC2=CC=C(OC(=O)C3=CC=C(OCCCCCCCCCCCOC(=O)C=C)CC3)C(C)C2)CC1. The number of ether oxygens (including phenoxy) is 6. The average Bonchev–Trinajstić information content (AvgIpc) is 3.25. The molecule has 3 aliphatic rings. The first kappa shape index (κ1) is 48.8. The van der Waals surface area contributed by atoms with Crippen LogP contribution in [0.1, 0.15) is 155 Å². The Hall–Kier alpha value is -4.60. The second kappa shape index (κ2) is 30.4. The van der Waals surface area contributed by atoms with Gasteiger partial charge >= 0.3 is 23.9 Å². The molecule has 3 rings (SSSR count). The van der Waals surface area contributed by atoms with Crippen LogP contribution in [0, 0.1) is 5.92 Å².